The van der Waals surface area contributed by atoms with Crippen molar-refractivity contribution >= 4 is 17.4 Å². The molecule has 170 valence electrons. The van der Waals surface area contributed by atoms with E-state index in [1.165, 1.54) is 0 Å². The quantitative estimate of drug-likeness (QED) is 0.623. The van der Waals surface area contributed by atoms with Crippen LogP contribution in [-0.4, -0.2) is 51.6 Å². The Kier molecular flexibility index (Phi) is 6.58. The Labute approximate surface area is 194 Å². The maximum Gasteiger partial charge on any atom is 0.251 e. The van der Waals surface area contributed by atoms with Gasteiger partial charge in [-0.3, -0.25) is 9.78 Å². The highest BCUT2D eigenvalue weighted by Gasteiger charge is 2.32. The molecule has 2 aromatic heterocycles. The first kappa shape index (κ1) is 21.5. The van der Waals surface area contributed by atoms with Gasteiger partial charge in [0, 0.05) is 55.3 Å². The zero-order valence-electron chi connectivity index (χ0n) is 18.7. The predicted octanol–water partition coefficient (Wildman–Crippen LogP) is 4.56. The van der Waals surface area contributed by atoms with Crippen molar-refractivity contribution in [1.82, 2.24) is 19.9 Å². The number of pyridine rings is 1. The number of likely N-dealkylation sites (tertiary alicyclic amines) is 1. The predicted molar refractivity (Wildman–Crippen MR) is 127 cm³/mol. The first-order valence-electron chi connectivity index (χ1n) is 11.8. The SMILES string of the molecule is O=C([C@H]1CCCCO1)N1CCC[C@@H](c2nc(Nc3ccccc3)cc(-c3ccncc3)n2)C1. The monoisotopic (exact) mass is 443 g/mol. The molecule has 1 N–H and O–H groups in total. The van der Waals surface area contributed by atoms with E-state index in [4.69, 9.17) is 14.7 Å². The molecular weight excluding hydrogens is 414 g/mol. The van der Waals surface area contributed by atoms with Crippen LogP contribution in [0.15, 0.2) is 60.9 Å². The number of benzene rings is 1. The fraction of sp³-hybridized carbons (Fsp3) is 0.385. The van der Waals surface area contributed by atoms with Gasteiger partial charge in [0.25, 0.3) is 5.91 Å². The highest BCUT2D eigenvalue weighted by atomic mass is 16.5. The molecule has 0 spiro atoms. The van der Waals surface area contributed by atoms with Crippen molar-refractivity contribution in [2.45, 2.75) is 44.1 Å². The third-order valence-electron chi connectivity index (χ3n) is 6.32. The second kappa shape index (κ2) is 10.1. The van der Waals surface area contributed by atoms with Gasteiger partial charge >= 0.3 is 0 Å². The fourth-order valence-corrected chi connectivity index (χ4v) is 4.58. The molecule has 1 aromatic carbocycles. The van der Waals surface area contributed by atoms with Gasteiger partial charge in [-0.2, -0.15) is 0 Å². The van der Waals surface area contributed by atoms with Crippen LogP contribution in [0.1, 0.15) is 43.8 Å². The molecule has 3 aromatic rings. The lowest BCUT2D eigenvalue weighted by Gasteiger charge is -2.35. The number of amides is 1. The van der Waals surface area contributed by atoms with Crippen LogP contribution in [0.25, 0.3) is 11.3 Å². The van der Waals surface area contributed by atoms with E-state index in [1.54, 1.807) is 12.4 Å². The minimum absolute atomic E-state index is 0.0874. The van der Waals surface area contributed by atoms with Crippen LogP contribution in [-0.2, 0) is 9.53 Å². The molecule has 1 amide bonds. The Bertz CT molecular complexity index is 1070. The summed E-state index contributed by atoms with van der Waals surface area (Å²) in [5.41, 5.74) is 2.81. The van der Waals surface area contributed by atoms with Crippen LogP contribution in [0.3, 0.4) is 0 Å². The number of carbonyl (C=O) groups excluding carboxylic acids is 1. The van der Waals surface area contributed by atoms with E-state index in [-0.39, 0.29) is 17.9 Å². The topological polar surface area (TPSA) is 80.2 Å². The van der Waals surface area contributed by atoms with Crippen LogP contribution in [0.2, 0.25) is 0 Å². The summed E-state index contributed by atoms with van der Waals surface area (Å²) in [5, 5.41) is 3.41. The maximum absolute atomic E-state index is 13.1. The van der Waals surface area contributed by atoms with Crippen molar-refractivity contribution in [3.63, 3.8) is 0 Å². The van der Waals surface area contributed by atoms with E-state index in [9.17, 15) is 4.79 Å². The summed E-state index contributed by atoms with van der Waals surface area (Å²) in [5.74, 6) is 1.72. The fourth-order valence-electron chi connectivity index (χ4n) is 4.58. The zero-order valence-corrected chi connectivity index (χ0v) is 18.7. The van der Waals surface area contributed by atoms with Gasteiger partial charge in [-0.05, 0) is 56.4 Å². The van der Waals surface area contributed by atoms with Crippen molar-refractivity contribution < 1.29 is 9.53 Å². The third-order valence-corrected chi connectivity index (χ3v) is 6.32. The van der Waals surface area contributed by atoms with Crippen LogP contribution in [0.4, 0.5) is 11.5 Å². The number of piperidine rings is 1. The lowest BCUT2D eigenvalue weighted by molar-refractivity contribution is -0.147. The Hall–Kier alpha value is -3.32. The summed E-state index contributed by atoms with van der Waals surface area (Å²) < 4.78 is 5.76. The van der Waals surface area contributed by atoms with Crippen molar-refractivity contribution in [2.24, 2.45) is 0 Å². The zero-order chi connectivity index (χ0) is 22.5. The van der Waals surface area contributed by atoms with E-state index >= 15 is 0 Å². The summed E-state index contributed by atoms with van der Waals surface area (Å²) in [7, 11) is 0. The molecule has 2 aliphatic heterocycles. The van der Waals surface area contributed by atoms with Crippen molar-refractivity contribution in [2.75, 3.05) is 25.0 Å². The first-order chi connectivity index (χ1) is 16.3. The lowest BCUT2D eigenvalue weighted by atomic mass is 9.95. The number of nitrogens with one attached hydrogen (secondary N) is 1. The van der Waals surface area contributed by atoms with Gasteiger partial charge in [-0.25, -0.2) is 9.97 Å². The van der Waals surface area contributed by atoms with Crippen molar-refractivity contribution in [1.29, 1.82) is 0 Å². The number of nitrogens with zero attached hydrogens (tertiary/aromatic N) is 4. The van der Waals surface area contributed by atoms with Crippen molar-refractivity contribution in [3.05, 3.63) is 66.7 Å². The summed E-state index contributed by atoms with van der Waals surface area (Å²) in [6.07, 6.45) is 8.06. The molecule has 0 unspecified atom stereocenters. The van der Waals surface area contributed by atoms with Gasteiger partial charge in [0.05, 0.1) is 5.69 Å². The van der Waals surface area contributed by atoms with Gasteiger partial charge in [0.1, 0.15) is 17.7 Å². The van der Waals surface area contributed by atoms with Crippen LogP contribution in [0, 0.1) is 0 Å². The normalized spacial score (nSPS) is 20.9. The number of hydrogen-bond donors (Lipinski definition) is 1. The smallest absolute Gasteiger partial charge is 0.251 e. The number of hydrogen-bond acceptors (Lipinski definition) is 6. The molecule has 0 saturated carbocycles. The molecule has 2 aliphatic rings. The second-order valence-corrected chi connectivity index (χ2v) is 8.70. The molecule has 2 saturated heterocycles. The van der Waals surface area contributed by atoms with Gasteiger partial charge < -0.3 is 15.0 Å². The number of carbonyl (C=O) groups is 1. The van der Waals surface area contributed by atoms with E-state index < -0.39 is 0 Å². The summed E-state index contributed by atoms with van der Waals surface area (Å²) in [6.45, 7) is 2.08. The Morgan fingerprint density at radius 3 is 2.64 bits per heavy atom. The van der Waals surface area contributed by atoms with E-state index in [0.29, 0.717) is 13.2 Å². The van der Waals surface area contributed by atoms with Gasteiger partial charge in [-0.15, -0.1) is 0 Å². The molecule has 33 heavy (non-hydrogen) atoms. The summed E-state index contributed by atoms with van der Waals surface area (Å²) in [4.78, 5) is 29.0. The molecule has 2 atom stereocenters. The van der Waals surface area contributed by atoms with Gasteiger partial charge in [0.15, 0.2) is 0 Å². The second-order valence-electron chi connectivity index (χ2n) is 8.70. The highest BCUT2D eigenvalue weighted by Crippen LogP contribution is 2.30. The number of rotatable bonds is 5. The number of ether oxygens (including phenoxy) is 1. The van der Waals surface area contributed by atoms with Crippen molar-refractivity contribution in [3.8, 4) is 11.3 Å². The maximum atomic E-state index is 13.1. The van der Waals surface area contributed by atoms with E-state index in [0.717, 1.165) is 67.2 Å². The standard InChI is InChI=1S/C26H29N5O2/c32-26(23-10-4-5-16-33-23)31-15-6-7-20(18-31)25-29-22(19-11-13-27-14-12-19)17-24(30-25)28-21-8-2-1-3-9-21/h1-3,8-9,11-14,17,20,23H,4-7,10,15-16,18H2,(H,28,29,30)/t20-,23-/m1/s1. The van der Waals surface area contributed by atoms with E-state index in [2.05, 4.69) is 10.3 Å². The first-order valence-corrected chi connectivity index (χ1v) is 11.8. The minimum atomic E-state index is -0.295. The van der Waals surface area contributed by atoms with Gasteiger partial charge in [0.2, 0.25) is 0 Å². The Morgan fingerprint density at radius 2 is 1.85 bits per heavy atom. The lowest BCUT2D eigenvalue weighted by Crippen LogP contribution is -2.46. The third kappa shape index (κ3) is 5.20. The largest absolute Gasteiger partial charge is 0.368 e. The van der Waals surface area contributed by atoms with Crippen LogP contribution < -0.4 is 5.32 Å². The average molecular weight is 444 g/mol. The highest BCUT2D eigenvalue weighted by molar-refractivity contribution is 5.81. The number of para-hydroxylation sites is 1. The molecule has 0 bridgehead atoms. The molecule has 0 aliphatic carbocycles. The molecule has 2 fully saturated rings. The molecule has 4 heterocycles. The Morgan fingerprint density at radius 1 is 1.00 bits per heavy atom. The molecular formula is C26H29N5O2. The van der Waals surface area contributed by atoms with Crippen LogP contribution in [0.5, 0.6) is 0 Å². The summed E-state index contributed by atoms with van der Waals surface area (Å²) in [6, 6.07) is 15.9. The summed E-state index contributed by atoms with van der Waals surface area (Å²) >= 11 is 0. The van der Waals surface area contributed by atoms with E-state index in [1.807, 2.05) is 53.4 Å². The number of anilines is 2. The Balaban J connectivity index is 1.42. The van der Waals surface area contributed by atoms with Gasteiger partial charge in [-0.1, -0.05) is 18.2 Å². The minimum Gasteiger partial charge on any atom is -0.368 e. The van der Waals surface area contributed by atoms with Crippen LogP contribution >= 0.6 is 0 Å². The molecule has 7 nitrogen and oxygen atoms in total. The molecule has 0 radical (unpaired) electrons. The number of aromatic nitrogens is 3. The molecule has 5 rings (SSSR count). The average Bonchev–Trinajstić information content (AvgIpc) is 2.90. The molecule has 7 heteroatoms.